The lowest BCUT2D eigenvalue weighted by molar-refractivity contribution is -0.931. The lowest BCUT2D eigenvalue weighted by Crippen LogP contribution is -3.10. The van der Waals surface area contributed by atoms with Crippen LogP contribution >= 0.6 is 23.2 Å². The number of phenols is 1. The molecule has 0 saturated heterocycles. The average molecular weight is 423 g/mol. The van der Waals surface area contributed by atoms with Crippen LogP contribution in [-0.4, -0.2) is 29.5 Å². The molecule has 0 saturated carbocycles. The smallest absolute Gasteiger partial charge is 0.157 e. The van der Waals surface area contributed by atoms with Crippen molar-refractivity contribution >= 4 is 23.2 Å². The van der Waals surface area contributed by atoms with Gasteiger partial charge >= 0.3 is 0 Å². The molecular formula is C21H22Cl2NO4+. The molecule has 5 nitrogen and oxygen atoms in total. The van der Waals surface area contributed by atoms with Crippen molar-refractivity contribution in [3.63, 3.8) is 0 Å². The van der Waals surface area contributed by atoms with E-state index in [1.807, 2.05) is 24.3 Å². The summed E-state index contributed by atoms with van der Waals surface area (Å²) in [6.45, 7) is 1.59. The van der Waals surface area contributed by atoms with Gasteiger partial charge < -0.3 is 24.3 Å². The molecule has 3 rings (SSSR count). The maximum Gasteiger partial charge on any atom is 0.157 e. The van der Waals surface area contributed by atoms with Crippen molar-refractivity contribution in [1.82, 2.24) is 0 Å². The summed E-state index contributed by atoms with van der Waals surface area (Å²) in [5.74, 6) is 1.51. The quantitative estimate of drug-likeness (QED) is 0.494. The number of quaternary nitrogens is 1. The van der Waals surface area contributed by atoms with Gasteiger partial charge in [-0.2, -0.15) is 0 Å². The van der Waals surface area contributed by atoms with Crippen molar-refractivity contribution < 1.29 is 24.3 Å². The molecule has 148 valence electrons. The summed E-state index contributed by atoms with van der Waals surface area (Å²) in [5, 5.41) is 21.5. The third-order valence-corrected chi connectivity index (χ3v) is 4.82. The number of aliphatic hydroxyl groups is 1. The van der Waals surface area contributed by atoms with Gasteiger partial charge in [-0.15, -0.1) is 0 Å². The van der Waals surface area contributed by atoms with Gasteiger partial charge in [0.1, 0.15) is 43.8 Å². The fourth-order valence-corrected chi connectivity index (χ4v) is 3.43. The molecule has 0 fully saturated rings. The first-order chi connectivity index (χ1) is 13.5. The van der Waals surface area contributed by atoms with Crippen LogP contribution in [0.25, 0.3) is 0 Å². The third-order valence-electron chi connectivity index (χ3n) is 4.29. The normalized spacial score (nSPS) is 13.2. The number of aromatic hydroxyl groups is 1. The first-order valence-corrected chi connectivity index (χ1v) is 9.65. The molecule has 1 unspecified atom stereocenters. The molecule has 0 spiro atoms. The molecule has 1 heterocycles. The second kappa shape index (κ2) is 9.85. The number of nitrogens with one attached hydrogen (secondary N) is 1. The number of furan rings is 1. The molecule has 0 aliphatic rings. The van der Waals surface area contributed by atoms with Crippen LogP contribution in [0.5, 0.6) is 11.5 Å². The first-order valence-electron chi connectivity index (χ1n) is 8.90. The summed E-state index contributed by atoms with van der Waals surface area (Å²) in [6, 6.07) is 15.9. The van der Waals surface area contributed by atoms with Gasteiger partial charge in [-0.3, -0.25) is 0 Å². The van der Waals surface area contributed by atoms with Crippen LogP contribution in [0.3, 0.4) is 0 Å². The topological polar surface area (TPSA) is 67.3 Å². The maximum absolute atomic E-state index is 10.5. The minimum Gasteiger partial charge on any atom is -0.507 e. The largest absolute Gasteiger partial charge is 0.507 e. The summed E-state index contributed by atoms with van der Waals surface area (Å²) >= 11 is 12.0. The predicted molar refractivity (Wildman–Crippen MR) is 108 cm³/mol. The van der Waals surface area contributed by atoms with Gasteiger partial charge in [0, 0.05) is 10.6 Å². The minimum atomic E-state index is -0.734. The van der Waals surface area contributed by atoms with Crippen LogP contribution < -0.4 is 9.64 Å². The summed E-state index contributed by atoms with van der Waals surface area (Å²) in [5.41, 5.74) is 0.804. The number of phenolic OH excluding ortho intramolecular Hbond substituents is 1. The van der Waals surface area contributed by atoms with E-state index in [1.165, 1.54) is 0 Å². The molecule has 2 atom stereocenters. The summed E-state index contributed by atoms with van der Waals surface area (Å²) in [6.07, 6.45) is 0.886. The van der Waals surface area contributed by atoms with E-state index < -0.39 is 6.10 Å². The molecule has 0 aliphatic heterocycles. The van der Waals surface area contributed by atoms with E-state index >= 15 is 0 Å². The Morgan fingerprint density at radius 1 is 1.04 bits per heavy atom. The Labute approximate surface area is 173 Å². The van der Waals surface area contributed by atoms with E-state index in [1.54, 1.807) is 36.6 Å². The van der Waals surface area contributed by atoms with Gasteiger partial charge in [0.15, 0.2) is 5.76 Å². The zero-order valence-corrected chi connectivity index (χ0v) is 16.7. The fraction of sp³-hybridized carbons (Fsp3) is 0.238. The van der Waals surface area contributed by atoms with E-state index in [9.17, 15) is 10.2 Å². The van der Waals surface area contributed by atoms with Crippen molar-refractivity contribution in [2.75, 3.05) is 13.2 Å². The Kier molecular flexibility index (Phi) is 7.23. The standard InChI is InChI=1S/C21H21Cl2NO4/c22-16-7-8-21(19(23)10-16)28-14-17(25)12-24(13-18-5-3-9-27-18)11-15-4-1-2-6-20(15)26/h1-10,17,25-26H,11-14H2/p+1/t17-/m0/s1. The first kappa shape index (κ1) is 20.6. The second-order valence-electron chi connectivity index (χ2n) is 6.56. The monoisotopic (exact) mass is 422 g/mol. The lowest BCUT2D eigenvalue weighted by Gasteiger charge is -2.22. The van der Waals surface area contributed by atoms with Crippen LogP contribution in [0.4, 0.5) is 0 Å². The third kappa shape index (κ3) is 5.91. The molecule has 28 heavy (non-hydrogen) atoms. The minimum absolute atomic E-state index is 0.0871. The van der Waals surface area contributed by atoms with Crippen LogP contribution in [0, 0.1) is 0 Å². The van der Waals surface area contributed by atoms with Crippen LogP contribution in [0.15, 0.2) is 65.3 Å². The van der Waals surface area contributed by atoms with E-state index in [-0.39, 0.29) is 12.4 Å². The van der Waals surface area contributed by atoms with E-state index in [2.05, 4.69) is 0 Å². The molecule has 3 N–H and O–H groups in total. The number of rotatable bonds is 9. The average Bonchev–Trinajstić information content (AvgIpc) is 3.16. The Balaban J connectivity index is 1.63. The Morgan fingerprint density at radius 3 is 2.57 bits per heavy atom. The molecule has 0 radical (unpaired) electrons. The van der Waals surface area contributed by atoms with Gasteiger partial charge in [-0.1, -0.05) is 35.3 Å². The van der Waals surface area contributed by atoms with Gasteiger partial charge in [-0.05, 0) is 42.5 Å². The summed E-state index contributed by atoms with van der Waals surface area (Å²) in [7, 11) is 0. The van der Waals surface area contributed by atoms with Crippen LogP contribution in [0.2, 0.25) is 10.0 Å². The number of hydrogen-bond acceptors (Lipinski definition) is 4. The zero-order valence-electron chi connectivity index (χ0n) is 15.1. The molecule has 0 amide bonds. The molecule has 0 aliphatic carbocycles. The van der Waals surface area contributed by atoms with Crippen molar-refractivity contribution in [1.29, 1.82) is 0 Å². The molecule has 3 aromatic rings. The van der Waals surface area contributed by atoms with Crippen LogP contribution in [0.1, 0.15) is 11.3 Å². The van der Waals surface area contributed by atoms with Gasteiger partial charge in [0.05, 0.1) is 11.3 Å². The highest BCUT2D eigenvalue weighted by Crippen LogP contribution is 2.27. The highest BCUT2D eigenvalue weighted by atomic mass is 35.5. The number of aliphatic hydroxyl groups excluding tert-OH is 1. The highest BCUT2D eigenvalue weighted by Gasteiger charge is 2.20. The summed E-state index contributed by atoms with van der Waals surface area (Å²) in [4.78, 5) is 1.02. The fourth-order valence-electron chi connectivity index (χ4n) is 2.97. The summed E-state index contributed by atoms with van der Waals surface area (Å²) < 4.78 is 11.1. The number of halogens is 2. The molecular weight excluding hydrogens is 401 g/mol. The second-order valence-corrected chi connectivity index (χ2v) is 7.40. The molecule has 2 aromatic carbocycles. The Hall–Kier alpha value is -2.18. The number of ether oxygens (including phenoxy) is 1. The number of hydrogen-bond donors (Lipinski definition) is 3. The number of para-hydroxylation sites is 1. The van der Waals surface area contributed by atoms with Crippen molar-refractivity contribution in [3.8, 4) is 11.5 Å². The van der Waals surface area contributed by atoms with Gasteiger partial charge in [-0.25, -0.2) is 0 Å². The molecule has 1 aromatic heterocycles. The van der Waals surface area contributed by atoms with Crippen molar-refractivity contribution in [2.24, 2.45) is 0 Å². The molecule has 0 bridgehead atoms. The zero-order chi connectivity index (χ0) is 19.9. The van der Waals surface area contributed by atoms with E-state index in [4.69, 9.17) is 32.4 Å². The van der Waals surface area contributed by atoms with Gasteiger partial charge in [0.2, 0.25) is 0 Å². The van der Waals surface area contributed by atoms with Crippen molar-refractivity contribution in [3.05, 3.63) is 82.2 Å². The van der Waals surface area contributed by atoms with E-state index in [0.717, 1.165) is 16.2 Å². The molecule has 7 heteroatoms. The lowest BCUT2D eigenvalue weighted by atomic mass is 10.1. The SMILES string of the molecule is Oc1ccccc1C[NH+](Cc1ccco1)C[C@H](O)COc1ccc(Cl)cc1Cl. The van der Waals surface area contributed by atoms with Crippen LogP contribution in [-0.2, 0) is 13.1 Å². The highest BCUT2D eigenvalue weighted by molar-refractivity contribution is 6.35. The van der Waals surface area contributed by atoms with Crippen molar-refractivity contribution in [2.45, 2.75) is 19.2 Å². The Morgan fingerprint density at radius 2 is 1.86 bits per heavy atom. The Bertz CT molecular complexity index is 886. The number of benzene rings is 2. The van der Waals surface area contributed by atoms with E-state index in [0.29, 0.717) is 35.4 Å². The maximum atomic E-state index is 10.5. The predicted octanol–water partition coefficient (Wildman–Crippen LogP) is 3.32. The van der Waals surface area contributed by atoms with Gasteiger partial charge in [0.25, 0.3) is 0 Å².